The fourth-order valence-electron chi connectivity index (χ4n) is 2.80. The molecule has 1 heterocycles. The van der Waals surface area contributed by atoms with E-state index >= 15 is 0 Å². The van der Waals surface area contributed by atoms with Gasteiger partial charge in [-0.3, -0.25) is 0 Å². The molecule has 3 rings (SSSR count). The van der Waals surface area contributed by atoms with Gasteiger partial charge in [0, 0.05) is 28.2 Å². The van der Waals surface area contributed by atoms with E-state index in [-0.39, 0.29) is 6.04 Å². The zero-order valence-electron chi connectivity index (χ0n) is 12.2. The molecule has 0 spiro atoms. The summed E-state index contributed by atoms with van der Waals surface area (Å²) in [5.74, 6) is 2.92. The number of hydrogen-bond donors (Lipinski definition) is 1. The Kier molecular flexibility index (Phi) is 4.08. The lowest BCUT2D eigenvalue weighted by atomic mass is 9.88. The molecule has 0 saturated heterocycles. The molecule has 2 atom stereocenters. The third-order valence-corrected chi connectivity index (χ3v) is 5.17. The third kappa shape index (κ3) is 2.61. The fourth-order valence-corrected chi connectivity index (χ4v) is 4.11. The summed E-state index contributed by atoms with van der Waals surface area (Å²) >= 11 is 1.87. The van der Waals surface area contributed by atoms with Gasteiger partial charge < -0.3 is 15.2 Å². The molecule has 0 fully saturated rings. The van der Waals surface area contributed by atoms with Crippen LogP contribution in [-0.2, 0) is 0 Å². The van der Waals surface area contributed by atoms with Crippen LogP contribution < -0.4 is 15.2 Å². The van der Waals surface area contributed by atoms with Crippen molar-refractivity contribution >= 4 is 11.8 Å². The number of rotatable bonds is 4. The largest absolute Gasteiger partial charge is 0.497 e. The molecule has 2 N–H and O–H groups in total. The molecule has 110 valence electrons. The lowest BCUT2D eigenvalue weighted by Crippen LogP contribution is -2.20. The minimum atomic E-state index is -0.105. The topological polar surface area (TPSA) is 44.5 Å². The maximum atomic E-state index is 6.57. The molecule has 0 aliphatic carbocycles. The molecule has 21 heavy (non-hydrogen) atoms. The highest BCUT2D eigenvalue weighted by molar-refractivity contribution is 7.99. The Morgan fingerprint density at radius 1 is 1.14 bits per heavy atom. The molecule has 0 saturated carbocycles. The molecular formula is C17H19NO2S. The Morgan fingerprint density at radius 2 is 1.95 bits per heavy atom. The van der Waals surface area contributed by atoms with Crippen molar-refractivity contribution in [3.8, 4) is 11.5 Å². The molecule has 0 amide bonds. The molecule has 4 heteroatoms. The van der Waals surface area contributed by atoms with Gasteiger partial charge in [-0.2, -0.15) is 0 Å². The smallest absolute Gasteiger partial charge is 0.123 e. The number of thioether (sulfide) groups is 1. The van der Waals surface area contributed by atoms with Crippen LogP contribution in [0.3, 0.4) is 0 Å². The molecule has 2 aromatic rings. The molecule has 0 bridgehead atoms. The SMILES string of the molecule is COc1ccc(OC)c(C(N)C2CSc3ccccc32)c1. The van der Waals surface area contributed by atoms with Crippen LogP contribution in [-0.4, -0.2) is 20.0 Å². The molecule has 3 nitrogen and oxygen atoms in total. The summed E-state index contributed by atoms with van der Waals surface area (Å²) in [6.07, 6.45) is 0. The Bertz CT molecular complexity index is 644. The van der Waals surface area contributed by atoms with Crippen molar-refractivity contribution < 1.29 is 9.47 Å². The van der Waals surface area contributed by atoms with E-state index in [1.165, 1.54) is 10.5 Å². The lowest BCUT2D eigenvalue weighted by Gasteiger charge is -2.22. The first kappa shape index (κ1) is 14.3. The van der Waals surface area contributed by atoms with Crippen molar-refractivity contribution in [2.24, 2.45) is 5.73 Å². The second-order valence-corrected chi connectivity index (χ2v) is 6.15. The average Bonchev–Trinajstić information content (AvgIpc) is 2.97. The van der Waals surface area contributed by atoms with Gasteiger partial charge in [0.05, 0.1) is 14.2 Å². The normalized spacial score (nSPS) is 18.1. The van der Waals surface area contributed by atoms with E-state index in [2.05, 4.69) is 24.3 Å². The van der Waals surface area contributed by atoms with E-state index in [1.54, 1.807) is 14.2 Å². The Labute approximate surface area is 129 Å². The first-order valence-electron chi connectivity index (χ1n) is 6.94. The van der Waals surface area contributed by atoms with E-state index in [9.17, 15) is 0 Å². The highest BCUT2D eigenvalue weighted by Crippen LogP contribution is 2.46. The van der Waals surface area contributed by atoms with Gasteiger partial charge in [-0.25, -0.2) is 0 Å². The quantitative estimate of drug-likeness (QED) is 0.937. The van der Waals surface area contributed by atoms with Crippen molar-refractivity contribution in [1.82, 2.24) is 0 Å². The first-order valence-corrected chi connectivity index (χ1v) is 7.92. The van der Waals surface area contributed by atoms with Gasteiger partial charge in [-0.15, -0.1) is 11.8 Å². The Balaban J connectivity index is 1.97. The summed E-state index contributed by atoms with van der Waals surface area (Å²) in [4.78, 5) is 1.33. The summed E-state index contributed by atoms with van der Waals surface area (Å²) in [6.45, 7) is 0. The molecule has 2 unspecified atom stereocenters. The van der Waals surface area contributed by atoms with Crippen LogP contribution in [0.25, 0.3) is 0 Å². The average molecular weight is 301 g/mol. The third-order valence-electron chi connectivity index (χ3n) is 3.97. The number of fused-ring (bicyclic) bond motifs is 1. The number of ether oxygens (including phenoxy) is 2. The first-order chi connectivity index (χ1) is 10.2. The minimum absolute atomic E-state index is 0.105. The van der Waals surface area contributed by atoms with E-state index < -0.39 is 0 Å². The predicted molar refractivity (Wildman–Crippen MR) is 86.4 cm³/mol. The van der Waals surface area contributed by atoms with Gasteiger partial charge in [0.1, 0.15) is 11.5 Å². The van der Waals surface area contributed by atoms with Gasteiger partial charge in [0.15, 0.2) is 0 Å². The van der Waals surface area contributed by atoms with Gasteiger partial charge in [0.25, 0.3) is 0 Å². The van der Waals surface area contributed by atoms with Crippen LogP contribution in [0, 0.1) is 0 Å². The maximum Gasteiger partial charge on any atom is 0.123 e. The molecule has 1 aliphatic rings. The zero-order chi connectivity index (χ0) is 14.8. The molecule has 0 aromatic heterocycles. The van der Waals surface area contributed by atoms with E-state index in [4.69, 9.17) is 15.2 Å². The van der Waals surface area contributed by atoms with E-state index in [1.807, 2.05) is 30.0 Å². The van der Waals surface area contributed by atoms with Gasteiger partial charge in [0.2, 0.25) is 0 Å². The zero-order valence-corrected chi connectivity index (χ0v) is 13.0. The van der Waals surface area contributed by atoms with Crippen molar-refractivity contribution in [3.63, 3.8) is 0 Å². The van der Waals surface area contributed by atoms with Gasteiger partial charge in [-0.1, -0.05) is 18.2 Å². The Morgan fingerprint density at radius 3 is 2.71 bits per heavy atom. The summed E-state index contributed by atoms with van der Waals surface area (Å²) < 4.78 is 10.8. The predicted octanol–water partition coefficient (Wildman–Crippen LogP) is 3.59. The van der Waals surface area contributed by atoms with Crippen LogP contribution >= 0.6 is 11.8 Å². The van der Waals surface area contributed by atoms with Gasteiger partial charge in [-0.05, 0) is 29.8 Å². The lowest BCUT2D eigenvalue weighted by molar-refractivity contribution is 0.392. The van der Waals surface area contributed by atoms with Crippen LogP contribution in [0.15, 0.2) is 47.4 Å². The fraction of sp³-hybridized carbons (Fsp3) is 0.294. The number of methoxy groups -OCH3 is 2. The van der Waals surface area contributed by atoms with Crippen LogP contribution in [0.2, 0.25) is 0 Å². The monoisotopic (exact) mass is 301 g/mol. The molecular weight excluding hydrogens is 282 g/mol. The minimum Gasteiger partial charge on any atom is -0.497 e. The molecule has 1 aliphatic heterocycles. The van der Waals surface area contributed by atoms with Crippen molar-refractivity contribution in [1.29, 1.82) is 0 Å². The summed E-state index contributed by atoms with van der Waals surface area (Å²) in [5, 5.41) is 0. The second kappa shape index (κ2) is 6.00. The maximum absolute atomic E-state index is 6.57. The summed E-state index contributed by atoms with van der Waals surface area (Å²) in [6, 6.07) is 14.2. The van der Waals surface area contributed by atoms with Crippen LogP contribution in [0.5, 0.6) is 11.5 Å². The number of hydrogen-bond acceptors (Lipinski definition) is 4. The van der Waals surface area contributed by atoms with Crippen molar-refractivity contribution in [2.45, 2.75) is 16.9 Å². The highest BCUT2D eigenvalue weighted by atomic mass is 32.2. The number of benzene rings is 2. The standard InChI is InChI=1S/C17H19NO2S/c1-19-11-7-8-15(20-2)13(9-11)17(18)14-10-21-16-6-4-3-5-12(14)16/h3-9,14,17H,10,18H2,1-2H3. The second-order valence-electron chi connectivity index (χ2n) is 5.09. The molecule has 0 radical (unpaired) electrons. The Hall–Kier alpha value is -1.65. The van der Waals surface area contributed by atoms with Crippen molar-refractivity contribution in [3.05, 3.63) is 53.6 Å². The summed E-state index contributed by atoms with van der Waals surface area (Å²) in [5.41, 5.74) is 8.90. The van der Waals surface area contributed by atoms with E-state index in [0.29, 0.717) is 5.92 Å². The van der Waals surface area contributed by atoms with Crippen LogP contribution in [0.4, 0.5) is 0 Å². The van der Waals surface area contributed by atoms with E-state index in [0.717, 1.165) is 22.8 Å². The molecule has 2 aromatic carbocycles. The highest BCUT2D eigenvalue weighted by Gasteiger charge is 2.30. The summed E-state index contributed by atoms with van der Waals surface area (Å²) in [7, 11) is 3.34. The van der Waals surface area contributed by atoms with Crippen LogP contribution in [0.1, 0.15) is 23.1 Å². The van der Waals surface area contributed by atoms with Crippen molar-refractivity contribution in [2.75, 3.05) is 20.0 Å². The number of nitrogens with two attached hydrogens (primary N) is 1. The van der Waals surface area contributed by atoms with Gasteiger partial charge >= 0.3 is 0 Å².